The Morgan fingerprint density at radius 2 is 1.88 bits per heavy atom. The first kappa shape index (κ1) is 23.8. The molecule has 4 rings (SSSR count). The Labute approximate surface area is 199 Å². The number of halogens is 3. The first-order valence-corrected chi connectivity index (χ1v) is 12.8. The highest BCUT2D eigenvalue weighted by Gasteiger charge is 2.34. The predicted octanol–water partition coefficient (Wildman–Crippen LogP) is 4.36. The highest BCUT2D eigenvalue weighted by Crippen LogP contribution is 2.38. The number of ether oxygens (including phenoxy) is 1. The first-order valence-electron chi connectivity index (χ1n) is 10.2. The number of nitrogens with one attached hydrogen (secondary N) is 2. The molecule has 2 N–H and O–H groups in total. The highest BCUT2D eigenvalue weighted by atomic mass is 35.5. The van der Waals surface area contributed by atoms with E-state index in [1.165, 1.54) is 0 Å². The van der Waals surface area contributed by atoms with E-state index < -0.39 is 26.6 Å². The summed E-state index contributed by atoms with van der Waals surface area (Å²) in [6, 6.07) is 9.00. The van der Waals surface area contributed by atoms with Gasteiger partial charge < -0.3 is 10.1 Å². The lowest BCUT2D eigenvalue weighted by Crippen LogP contribution is -2.40. The fourth-order valence-corrected chi connectivity index (χ4v) is 5.82. The number of rotatable bonds is 8. The summed E-state index contributed by atoms with van der Waals surface area (Å²) in [6.45, 7) is 1.80. The lowest BCUT2D eigenvalue weighted by Gasteiger charge is -2.38. The number of hydrogen-bond acceptors (Lipinski definition) is 7. The maximum atomic E-state index is 14.6. The van der Waals surface area contributed by atoms with Crippen LogP contribution in [0.15, 0.2) is 47.6 Å². The van der Waals surface area contributed by atoms with Gasteiger partial charge in [0.1, 0.15) is 17.0 Å². The van der Waals surface area contributed by atoms with E-state index in [0.717, 1.165) is 55.4 Å². The van der Waals surface area contributed by atoms with Crippen LogP contribution >= 0.6 is 23.1 Å². The van der Waals surface area contributed by atoms with Crippen LogP contribution in [0.5, 0.6) is 5.75 Å². The van der Waals surface area contributed by atoms with Crippen LogP contribution in [0, 0.1) is 11.6 Å². The van der Waals surface area contributed by atoms with Gasteiger partial charge in [0.25, 0.3) is 10.0 Å². The quantitative estimate of drug-likeness (QED) is 0.464. The third-order valence-corrected chi connectivity index (χ3v) is 8.03. The zero-order valence-corrected chi connectivity index (χ0v) is 19.7. The summed E-state index contributed by atoms with van der Waals surface area (Å²) in [5.74, 6) is -2.44. The molecule has 2 aromatic carbocycles. The van der Waals surface area contributed by atoms with Gasteiger partial charge in [0.05, 0.1) is 6.61 Å². The second kappa shape index (κ2) is 9.88. The standard InChI is InChI=1S/C21H21ClF2N4O3S2/c22-15-3-1-14(2-4-15)21(5-8-25-9-6-21)7-10-31-18-11-17(24)19(12-16(18)23)33(29,30)28-20-26-13-27-32-20/h1-4,11-13,25H,5-10H2,(H,26,27,28). The van der Waals surface area contributed by atoms with E-state index in [1.54, 1.807) is 0 Å². The summed E-state index contributed by atoms with van der Waals surface area (Å²) >= 11 is 6.81. The third-order valence-electron chi connectivity index (χ3n) is 5.71. The van der Waals surface area contributed by atoms with Gasteiger partial charge in [-0.15, -0.1) is 0 Å². The van der Waals surface area contributed by atoms with E-state index >= 15 is 0 Å². The minimum Gasteiger partial charge on any atom is -0.490 e. The molecule has 0 saturated carbocycles. The molecule has 1 fully saturated rings. The normalized spacial score (nSPS) is 15.8. The van der Waals surface area contributed by atoms with Crippen molar-refractivity contribution in [3.63, 3.8) is 0 Å². The molecular formula is C21H21ClF2N4O3S2. The molecule has 0 radical (unpaired) electrons. The third kappa shape index (κ3) is 5.43. The number of benzene rings is 2. The lowest BCUT2D eigenvalue weighted by molar-refractivity contribution is 0.212. The lowest BCUT2D eigenvalue weighted by atomic mass is 9.71. The van der Waals surface area contributed by atoms with Crippen molar-refractivity contribution in [2.75, 3.05) is 24.4 Å². The van der Waals surface area contributed by atoms with Crippen molar-refractivity contribution in [2.45, 2.75) is 29.6 Å². The SMILES string of the molecule is O=S(=O)(Nc1ncns1)c1cc(F)c(OCCC2(c3ccc(Cl)cc3)CCNCC2)cc1F. The van der Waals surface area contributed by atoms with Gasteiger partial charge in [-0.3, -0.25) is 4.72 Å². The average Bonchev–Trinajstić information content (AvgIpc) is 3.29. The van der Waals surface area contributed by atoms with E-state index in [4.69, 9.17) is 16.3 Å². The molecule has 2 heterocycles. The maximum absolute atomic E-state index is 14.6. The van der Waals surface area contributed by atoms with Crippen LogP contribution < -0.4 is 14.8 Å². The molecule has 1 aliphatic rings. The van der Waals surface area contributed by atoms with Crippen LogP contribution in [-0.4, -0.2) is 37.5 Å². The van der Waals surface area contributed by atoms with Crippen LogP contribution in [-0.2, 0) is 15.4 Å². The second-order valence-electron chi connectivity index (χ2n) is 7.70. The monoisotopic (exact) mass is 514 g/mol. The molecule has 0 atom stereocenters. The van der Waals surface area contributed by atoms with Gasteiger partial charge in [-0.25, -0.2) is 22.2 Å². The van der Waals surface area contributed by atoms with Crippen LogP contribution in [0.1, 0.15) is 24.8 Å². The summed E-state index contributed by atoms with van der Waals surface area (Å²) in [5.41, 5.74) is 0.938. The topological polar surface area (TPSA) is 93.2 Å². The highest BCUT2D eigenvalue weighted by molar-refractivity contribution is 7.93. The zero-order chi connectivity index (χ0) is 23.5. The Morgan fingerprint density at radius 1 is 1.15 bits per heavy atom. The molecule has 3 aromatic rings. The molecule has 176 valence electrons. The Bertz CT molecular complexity index is 1200. The van der Waals surface area contributed by atoms with Crippen molar-refractivity contribution in [1.29, 1.82) is 0 Å². The largest absolute Gasteiger partial charge is 0.490 e. The molecule has 0 aliphatic carbocycles. The summed E-state index contributed by atoms with van der Waals surface area (Å²) in [6.07, 6.45) is 3.46. The van der Waals surface area contributed by atoms with Crippen molar-refractivity contribution in [3.8, 4) is 5.75 Å². The predicted molar refractivity (Wildman–Crippen MR) is 122 cm³/mol. The van der Waals surface area contributed by atoms with Crippen LogP contribution in [0.4, 0.5) is 13.9 Å². The maximum Gasteiger partial charge on any atom is 0.266 e. The van der Waals surface area contributed by atoms with Gasteiger partial charge in [-0.2, -0.15) is 4.37 Å². The zero-order valence-electron chi connectivity index (χ0n) is 17.4. The molecule has 1 saturated heterocycles. The van der Waals surface area contributed by atoms with E-state index in [0.29, 0.717) is 17.5 Å². The minimum atomic E-state index is -4.37. The average molecular weight is 515 g/mol. The van der Waals surface area contributed by atoms with Gasteiger partial charge >= 0.3 is 0 Å². The Hall–Kier alpha value is -2.34. The Balaban J connectivity index is 1.49. The number of hydrogen-bond donors (Lipinski definition) is 2. The molecule has 7 nitrogen and oxygen atoms in total. The van der Waals surface area contributed by atoms with E-state index in [-0.39, 0.29) is 22.9 Å². The molecule has 1 aromatic heterocycles. The Kier molecular flexibility index (Phi) is 7.13. The second-order valence-corrected chi connectivity index (χ2v) is 10.6. The number of nitrogens with zero attached hydrogens (tertiary/aromatic N) is 2. The molecule has 0 unspecified atom stereocenters. The van der Waals surface area contributed by atoms with E-state index in [9.17, 15) is 17.2 Å². The van der Waals surface area contributed by atoms with Crippen molar-refractivity contribution in [3.05, 3.63) is 64.9 Å². The number of piperidine rings is 1. The summed E-state index contributed by atoms with van der Waals surface area (Å²) in [5, 5.41) is 3.93. The van der Waals surface area contributed by atoms with Gasteiger partial charge in [-0.1, -0.05) is 23.7 Å². The molecule has 0 bridgehead atoms. The van der Waals surface area contributed by atoms with Gasteiger partial charge in [-0.05, 0) is 50.0 Å². The molecule has 1 aliphatic heterocycles. The van der Waals surface area contributed by atoms with E-state index in [1.807, 2.05) is 24.3 Å². The summed E-state index contributed by atoms with van der Waals surface area (Å²) in [4.78, 5) is 2.85. The molecule has 0 spiro atoms. The van der Waals surface area contributed by atoms with Crippen LogP contribution in [0.25, 0.3) is 0 Å². The summed E-state index contributed by atoms with van der Waals surface area (Å²) in [7, 11) is -4.37. The molecule has 12 heteroatoms. The minimum absolute atomic E-state index is 0.0513. The van der Waals surface area contributed by atoms with E-state index in [2.05, 4.69) is 19.4 Å². The smallest absolute Gasteiger partial charge is 0.266 e. The fraction of sp³-hybridized carbons (Fsp3) is 0.333. The van der Waals surface area contributed by atoms with Crippen molar-refractivity contribution in [2.24, 2.45) is 0 Å². The number of anilines is 1. The summed E-state index contributed by atoms with van der Waals surface area (Å²) < 4.78 is 65.3. The molecule has 33 heavy (non-hydrogen) atoms. The molecule has 0 amide bonds. The Morgan fingerprint density at radius 3 is 2.55 bits per heavy atom. The number of aromatic nitrogens is 2. The number of sulfonamides is 1. The fourth-order valence-electron chi connectivity index (χ4n) is 3.96. The van der Waals surface area contributed by atoms with Gasteiger partial charge in [0, 0.05) is 34.1 Å². The van der Waals surface area contributed by atoms with Gasteiger partial charge in [0.2, 0.25) is 5.13 Å². The van der Waals surface area contributed by atoms with Crippen LogP contribution in [0.2, 0.25) is 5.02 Å². The van der Waals surface area contributed by atoms with Crippen molar-refractivity contribution >= 4 is 38.3 Å². The first-order chi connectivity index (χ1) is 15.8. The van der Waals surface area contributed by atoms with Crippen LogP contribution in [0.3, 0.4) is 0 Å². The van der Waals surface area contributed by atoms with Crippen molar-refractivity contribution in [1.82, 2.24) is 14.7 Å². The van der Waals surface area contributed by atoms with Crippen molar-refractivity contribution < 1.29 is 21.9 Å². The molecular weight excluding hydrogens is 494 g/mol. The van der Waals surface area contributed by atoms with Gasteiger partial charge in [0.15, 0.2) is 11.6 Å².